The van der Waals surface area contributed by atoms with Gasteiger partial charge in [0.2, 0.25) is 5.91 Å². The molecule has 0 fully saturated rings. The number of nitrogens with one attached hydrogen (secondary N) is 1. The highest BCUT2D eigenvalue weighted by Crippen LogP contribution is 2.25. The second kappa shape index (κ2) is 8.71. The van der Waals surface area contributed by atoms with Gasteiger partial charge in [0.05, 0.1) is 12.0 Å². The highest BCUT2D eigenvalue weighted by molar-refractivity contribution is 7.99. The van der Waals surface area contributed by atoms with Gasteiger partial charge < -0.3 is 9.73 Å². The monoisotopic (exact) mass is 370 g/mol. The van der Waals surface area contributed by atoms with Crippen LogP contribution in [0.2, 0.25) is 0 Å². The van der Waals surface area contributed by atoms with E-state index < -0.39 is 0 Å². The first-order valence-electron chi connectivity index (χ1n) is 8.54. The molecule has 0 aliphatic heterocycles. The quantitative estimate of drug-likeness (QED) is 0.613. The normalized spacial score (nSPS) is 11.0. The minimum Gasteiger partial charge on any atom is -0.461 e. The zero-order chi connectivity index (χ0) is 18.4. The summed E-state index contributed by atoms with van der Waals surface area (Å²) in [6, 6.07) is 13.5. The SMILES string of the molecule is CC(C)Cn1c(SCC(=O)NCc2ccccc2)nnc1-c1ccco1. The van der Waals surface area contributed by atoms with Crippen LogP contribution in [0.3, 0.4) is 0 Å². The predicted molar refractivity (Wildman–Crippen MR) is 102 cm³/mol. The number of rotatable bonds is 8. The second-order valence-corrected chi connectivity index (χ2v) is 7.28. The molecule has 0 bridgehead atoms. The van der Waals surface area contributed by atoms with Gasteiger partial charge in [0.15, 0.2) is 16.7 Å². The first-order valence-corrected chi connectivity index (χ1v) is 9.52. The zero-order valence-electron chi connectivity index (χ0n) is 14.9. The maximum Gasteiger partial charge on any atom is 0.230 e. The van der Waals surface area contributed by atoms with Crippen LogP contribution < -0.4 is 5.32 Å². The molecular formula is C19H22N4O2S. The molecule has 3 aromatic rings. The molecule has 6 nitrogen and oxygen atoms in total. The van der Waals surface area contributed by atoms with Gasteiger partial charge in [-0.1, -0.05) is 55.9 Å². The fraction of sp³-hybridized carbons (Fsp3) is 0.316. The van der Waals surface area contributed by atoms with E-state index in [1.807, 2.05) is 47.0 Å². The van der Waals surface area contributed by atoms with Crippen LogP contribution in [-0.2, 0) is 17.9 Å². The molecular weight excluding hydrogens is 348 g/mol. The van der Waals surface area contributed by atoms with Crippen LogP contribution in [0.4, 0.5) is 0 Å². The first-order chi connectivity index (χ1) is 12.6. The van der Waals surface area contributed by atoms with Crippen molar-refractivity contribution in [2.75, 3.05) is 5.75 Å². The highest BCUT2D eigenvalue weighted by atomic mass is 32.2. The van der Waals surface area contributed by atoms with Crippen molar-refractivity contribution in [3.8, 4) is 11.6 Å². The molecule has 2 aromatic heterocycles. The Morgan fingerprint density at radius 2 is 2.00 bits per heavy atom. The van der Waals surface area contributed by atoms with Gasteiger partial charge in [0.1, 0.15) is 0 Å². The van der Waals surface area contributed by atoms with Crippen LogP contribution in [0.25, 0.3) is 11.6 Å². The molecule has 0 aliphatic carbocycles. The molecule has 7 heteroatoms. The second-order valence-electron chi connectivity index (χ2n) is 6.34. The summed E-state index contributed by atoms with van der Waals surface area (Å²) in [6.45, 7) is 5.55. The third kappa shape index (κ3) is 4.76. The van der Waals surface area contributed by atoms with E-state index >= 15 is 0 Å². The Hall–Kier alpha value is -2.54. The molecule has 3 rings (SSSR count). The lowest BCUT2D eigenvalue weighted by atomic mass is 10.2. The van der Waals surface area contributed by atoms with E-state index in [1.54, 1.807) is 6.26 Å². The Balaban J connectivity index is 1.63. The number of furan rings is 1. The Kier molecular flexibility index (Phi) is 6.12. The molecule has 2 heterocycles. The van der Waals surface area contributed by atoms with E-state index in [2.05, 4.69) is 29.4 Å². The highest BCUT2D eigenvalue weighted by Gasteiger charge is 2.18. The van der Waals surface area contributed by atoms with Gasteiger partial charge in [-0.3, -0.25) is 9.36 Å². The number of hydrogen-bond donors (Lipinski definition) is 1. The fourth-order valence-electron chi connectivity index (χ4n) is 2.49. The van der Waals surface area contributed by atoms with E-state index in [4.69, 9.17) is 4.42 Å². The predicted octanol–water partition coefficient (Wildman–Crippen LogP) is 3.60. The lowest BCUT2D eigenvalue weighted by Gasteiger charge is -2.11. The average molecular weight is 370 g/mol. The molecule has 1 N–H and O–H groups in total. The number of benzene rings is 1. The van der Waals surface area contributed by atoms with Gasteiger partial charge in [-0.2, -0.15) is 0 Å². The summed E-state index contributed by atoms with van der Waals surface area (Å²) in [5.41, 5.74) is 1.08. The van der Waals surface area contributed by atoms with E-state index in [1.165, 1.54) is 11.8 Å². The van der Waals surface area contributed by atoms with E-state index in [9.17, 15) is 4.79 Å². The van der Waals surface area contributed by atoms with Gasteiger partial charge in [-0.25, -0.2) is 0 Å². The molecule has 0 saturated carbocycles. The number of amides is 1. The van der Waals surface area contributed by atoms with Crippen molar-refractivity contribution < 1.29 is 9.21 Å². The Labute approximate surface area is 157 Å². The third-order valence-corrected chi connectivity index (χ3v) is 4.64. The molecule has 1 amide bonds. The fourth-order valence-corrected chi connectivity index (χ4v) is 3.27. The summed E-state index contributed by atoms with van der Waals surface area (Å²) in [7, 11) is 0. The molecule has 26 heavy (non-hydrogen) atoms. The minimum atomic E-state index is -0.0301. The Morgan fingerprint density at radius 3 is 2.69 bits per heavy atom. The number of carbonyl (C=O) groups is 1. The van der Waals surface area contributed by atoms with Crippen LogP contribution in [-0.4, -0.2) is 26.4 Å². The van der Waals surface area contributed by atoms with E-state index in [0.717, 1.165) is 17.3 Å². The Morgan fingerprint density at radius 1 is 1.19 bits per heavy atom. The molecule has 0 saturated heterocycles. The Bertz CT molecular complexity index is 829. The largest absolute Gasteiger partial charge is 0.461 e. The number of thioether (sulfide) groups is 1. The van der Waals surface area contributed by atoms with Crippen molar-refractivity contribution in [3.05, 3.63) is 54.3 Å². The van der Waals surface area contributed by atoms with Gasteiger partial charge in [0, 0.05) is 13.1 Å². The summed E-state index contributed by atoms with van der Waals surface area (Å²) in [6.07, 6.45) is 1.62. The van der Waals surface area contributed by atoms with Crippen LogP contribution >= 0.6 is 11.8 Å². The van der Waals surface area contributed by atoms with Crippen LogP contribution in [0.15, 0.2) is 58.3 Å². The summed E-state index contributed by atoms with van der Waals surface area (Å²) < 4.78 is 7.47. The van der Waals surface area contributed by atoms with Crippen molar-refractivity contribution in [2.45, 2.75) is 32.1 Å². The lowest BCUT2D eigenvalue weighted by molar-refractivity contribution is -0.118. The summed E-state index contributed by atoms with van der Waals surface area (Å²) in [5, 5.41) is 12.2. The van der Waals surface area contributed by atoms with Crippen LogP contribution in [0, 0.1) is 5.92 Å². The zero-order valence-corrected chi connectivity index (χ0v) is 15.7. The van der Waals surface area contributed by atoms with Crippen molar-refractivity contribution in [1.82, 2.24) is 20.1 Å². The number of hydrogen-bond acceptors (Lipinski definition) is 5. The lowest BCUT2D eigenvalue weighted by Crippen LogP contribution is -2.24. The van der Waals surface area contributed by atoms with Crippen molar-refractivity contribution in [1.29, 1.82) is 0 Å². The molecule has 136 valence electrons. The number of nitrogens with zero attached hydrogens (tertiary/aromatic N) is 3. The topological polar surface area (TPSA) is 73.0 Å². The van der Waals surface area contributed by atoms with E-state index in [-0.39, 0.29) is 5.91 Å². The molecule has 0 spiro atoms. The van der Waals surface area contributed by atoms with Crippen LogP contribution in [0.5, 0.6) is 0 Å². The van der Waals surface area contributed by atoms with E-state index in [0.29, 0.717) is 29.8 Å². The summed E-state index contributed by atoms with van der Waals surface area (Å²) in [5.74, 6) is 2.05. The van der Waals surface area contributed by atoms with Gasteiger partial charge in [0.25, 0.3) is 0 Å². The van der Waals surface area contributed by atoms with Crippen molar-refractivity contribution in [3.63, 3.8) is 0 Å². The molecule has 0 aliphatic rings. The smallest absolute Gasteiger partial charge is 0.230 e. The number of carbonyl (C=O) groups excluding carboxylic acids is 1. The molecule has 0 unspecified atom stereocenters. The van der Waals surface area contributed by atoms with Crippen molar-refractivity contribution in [2.24, 2.45) is 5.92 Å². The van der Waals surface area contributed by atoms with Gasteiger partial charge >= 0.3 is 0 Å². The molecule has 0 atom stereocenters. The molecule has 1 aromatic carbocycles. The van der Waals surface area contributed by atoms with Gasteiger partial charge in [-0.05, 0) is 23.6 Å². The summed E-state index contributed by atoms with van der Waals surface area (Å²) in [4.78, 5) is 12.2. The average Bonchev–Trinajstić information content (AvgIpc) is 3.28. The van der Waals surface area contributed by atoms with Gasteiger partial charge in [-0.15, -0.1) is 10.2 Å². The standard InChI is InChI=1S/C19H22N4O2S/c1-14(2)12-23-18(16-9-6-10-25-16)21-22-19(23)26-13-17(24)20-11-15-7-4-3-5-8-15/h3-10,14H,11-13H2,1-2H3,(H,20,24). The maximum atomic E-state index is 12.2. The number of aromatic nitrogens is 3. The third-order valence-electron chi connectivity index (χ3n) is 3.67. The minimum absolute atomic E-state index is 0.0301. The maximum absolute atomic E-state index is 12.2. The van der Waals surface area contributed by atoms with Crippen molar-refractivity contribution >= 4 is 17.7 Å². The molecule has 0 radical (unpaired) electrons. The first kappa shape index (κ1) is 18.3. The van der Waals surface area contributed by atoms with Crippen LogP contribution in [0.1, 0.15) is 19.4 Å². The summed E-state index contributed by atoms with van der Waals surface area (Å²) >= 11 is 1.39.